The van der Waals surface area contributed by atoms with Crippen LogP contribution in [0.3, 0.4) is 0 Å². The highest BCUT2D eigenvalue weighted by atomic mass is 32.1. The molecule has 104 valence electrons. The Labute approximate surface area is 116 Å². The first-order chi connectivity index (χ1) is 8.81. The number of carbonyl (C=O) groups excluding carboxylic acids is 1. The van der Waals surface area contributed by atoms with Crippen molar-refractivity contribution in [3.8, 4) is 0 Å². The van der Waals surface area contributed by atoms with E-state index in [1.165, 1.54) is 11.3 Å². The first-order valence-corrected chi connectivity index (χ1v) is 7.27. The Morgan fingerprint density at radius 3 is 2.68 bits per heavy atom. The first-order valence-electron chi connectivity index (χ1n) is 6.46. The zero-order chi connectivity index (χ0) is 14.2. The summed E-state index contributed by atoms with van der Waals surface area (Å²) >= 11 is 1.32. The van der Waals surface area contributed by atoms with Crippen LogP contribution in [0.1, 0.15) is 48.3 Å². The largest absolute Gasteiger partial charge is 0.478 e. The van der Waals surface area contributed by atoms with Crippen LogP contribution in [0.25, 0.3) is 0 Å². The fraction of sp³-hybridized carbons (Fsp3) is 0.571. The third-order valence-corrected chi connectivity index (χ3v) is 4.86. The highest BCUT2D eigenvalue weighted by Crippen LogP contribution is 2.43. The third-order valence-electron chi connectivity index (χ3n) is 3.90. The number of nitrogens with one attached hydrogen (secondary N) is 1. The quantitative estimate of drug-likeness (QED) is 0.890. The molecule has 5 heteroatoms. The second-order valence-electron chi connectivity index (χ2n) is 5.83. The predicted molar refractivity (Wildman–Crippen MR) is 75.8 cm³/mol. The second-order valence-corrected chi connectivity index (χ2v) is 7.08. The molecule has 2 N–H and O–H groups in total. The number of carboxylic acids is 1. The molecule has 1 saturated carbocycles. The molecule has 0 aliphatic heterocycles. The number of amides is 1. The summed E-state index contributed by atoms with van der Waals surface area (Å²) < 4.78 is 0. The van der Waals surface area contributed by atoms with Gasteiger partial charge in [0.2, 0.25) is 5.91 Å². The Morgan fingerprint density at radius 2 is 2.16 bits per heavy atom. The molecule has 0 radical (unpaired) electrons. The SMILES string of the molecule is Cc1cc(C(=O)O)c(NC(=O)C2CCCC2(C)C)s1. The summed E-state index contributed by atoms with van der Waals surface area (Å²) in [6.45, 7) is 6.04. The van der Waals surface area contributed by atoms with Gasteiger partial charge in [0.25, 0.3) is 0 Å². The summed E-state index contributed by atoms with van der Waals surface area (Å²) in [7, 11) is 0. The van der Waals surface area contributed by atoms with E-state index < -0.39 is 5.97 Å². The van der Waals surface area contributed by atoms with Gasteiger partial charge in [-0.25, -0.2) is 4.79 Å². The molecular formula is C14H19NO3S. The van der Waals surface area contributed by atoms with Crippen LogP contribution in [0.4, 0.5) is 5.00 Å². The van der Waals surface area contributed by atoms with Gasteiger partial charge < -0.3 is 10.4 Å². The minimum absolute atomic E-state index is 0.000224. The van der Waals surface area contributed by atoms with E-state index in [4.69, 9.17) is 5.11 Å². The molecule has 0 spiro atoms. The van der Waals surface area contributed by atoms with Crippen molar-refractivity contribution in [2.75, 3.05) is 5.32 Å². The van der Waals surface area contributed by atoms with Crippen molar-refractivity contribution in [3.05, 3.63) is 16.5 Å². The molecule has 0 bridgehead atoms. The normalized spacial score (nSPS) is 21.3. The average molecular weight is 281 g/mol. The number of carbonyl (C=O) groups is 2. The molecule has 1 aromatic rings. The molecule has 1 aliphatic rings. The fourth-order valence-electron chi connectivity index (χ4n) is 2.78. The molecule has 2 rings (SSSR count). The molecule has 1 amide bonds. The molecule has 1 fully saturated rings. The van der Waals surface area contributed by atoms with Crippen molar-refractivity contribution >= 4 is 28.2 Å². The number of aromatic carboxylic acids is 1. The van der Waals surface area contributed by atoms with E-state index in [2.05, 4.69) is 19.2 Å². The zero-order valence-electron chi connectivity index (χ0n) is 11.4. The Bertz CT molecular complexity index is 519. The summed E-state index contributed by atoms with van der Waals surface area (Å²) in [5.74, 6) is -1.08. The standard InChI is InChI=1S/C14H19NO3S/c1-8-7-9(13(17)18)12(19-8)15-11(16)10-5-4-6-14(10,2)3/h7,10H,4-6H2,1-3H3,(H,15,16)(H,17,18). The van der Waals surface area contributed by atoms with Crippen LogP contribution in [0.5, 0.6) is 0 Å². The van der Waals surface area contributed by atoms with E-state index in [0.29, 0.717) is 5.00 Å². The number of aryl methyl sites for hydroxylation is 1. The Morgan fingerprint density at radius 1 is 1.47 bits per heavy atom. The van der Waals surface area contributed by atoms with Crippen molar-refractivity contribution in [2.24, 2.45) is 11.3 Å². The highest BCUT2D eigenvalue weighted by Gasteiger charge is 2.39. The lowest BCUT2D eigenvalue weighted by Crippen LogP contribution is -2.30. The molecule has 1 heterocycles. The number of anilines is 1. The summed E-state index contributed by atoms with van der Waals surface area (Å²) in [6, 6.07) is 1.60. The molecule has 19 heavy (non-hydrogen) atoms. The van der Waals surface area contributed by atoms with Crippen LogP contribution in [-0.4, -0.2) is 17.0 Å². The van der Waals surface area contributed by atoms with Gasteiger partial charge in [-0.3, -0.25) is 4.79 Å². The number of thiophene rings is 1. The number of carboxylic acid groups (broad SMARTS) is 1. The van der Waals surface area contributed by atoms with E-state index in [1.54, 1.807) is 6.07 Å². The van der Waals surface area contributed by atoms with Gasteiger partial charge in [0.15, 0.2) is 0 Å². The van der Waals surface area contributed by atoms with Crippen molar-refractivity contribution in [2.45, 2.75) is 40.0 Å². The fourth-order valence-corrected chi connectivity index (χ4v) is 3.68. The Hall–Kier alpha value is -1.36. The summed E-state index contributed by atoms with van der Waals surface area (Å²) in [5.41, 5.74) is 0.186. The maximum Gasteiger partial charge on any atom is 0.338 e. The van der Waals surface area contributed by atoms with E-state index in [-0.39, 0.29) is 22.8 Å². The third kappa shape index (κ3) is 2.81. The van der Waals surface area contributed by atoms with Gasteiger partial charge in [0.05, 0.1) is 5.56 Å². The van der Waals surface area contributed by atoms with Crippen LogP contribution in [0, 0.1) is 18.3 Å². The van der Waals surface area contributed by atoms with Crippen LogP contribution >= 0.6 is 11.3 Å². The van der Waals surface area contributed by atoms with E-state index in [9.17, 15) is 9.59 Å². The van der Waals surface area contributed by atoms with Crippen LogP contribution in [-0.2, 0) is 4.79 Å². The van der Waals surface area contributed by atoms with E-state index in [0.717, 1.165) is 24.1 Å². The van der Waals surface area contributed by atoms with Gasteiger partial charge in [0.1, 0.15) is 5.00 Å². The summed E-state index contributed by atoms with van der Waals surface area (Å²) in [5, 5.41) is 12.4. The Balaban J connectivity index is 2.17. The maximum absolute atomic E-state index is 12.3. The molecule has 1 atom stereocenters. The van der Waals surface area contributed by atoms with Gasteiger partial charge in [-0.1, -0.05) is 20.3 Å². The van der Waals surface area contributed by atoms with Gasteiger partial charge >= 0.3 is 5.97 Å². The van der Waals surface area contributed by atoms with Crippen LogP contribution in [0.15, 0.2) is 6.07 Å². The van der Waals surface area contributed by atoms with Crippen molar-refractivity contribution < 1.29 is 14.7 Å². The van der Waals surface area contributed by atoms with Gasteiger partial charge in [-0.2, -0.15) is 0 Å². The number of hydrogen-bond donors (Lipinski definition) is 2. The van der Waals surface area contributed by atoms with Crippen molar-refractivity contribution in [1.82, 2.24) is 0 Å². The summed E-state index contributed by atoms with van der Waals surface area (Å²) in [6.07, 6.45) is 2.98. The second kappa shape index (κ2) is 4.96. The number of rotatable bonds is 3. The lowest BCUT2D eigenvalue weighted by Gasteiger charge is -2.25. The number of hydrogen-bond acceptors (Lipinski definition) is 3. The lowest BCUT2D eigenvalue weighted by atomic mass is 9.81. The zero-order valence-corrected chi connectivity index (χ0v) is 12.3. The van der Waals surface area contributed by atoms with Gasteiger partial charge in [-0.15, -0.1) is 11.3 Å². The topological polar surface area (TPSA) is 66.4 Å². The smallest absolute Gasteiger partial charge is 0.338 e. The molecule has 0 saturated heterocycles. The average Bonchev–Trinajstić information content (AvgIpc) is 2.81. The maximum atomic E-state index is 12.3. The minimum Gasteiger partial charge on any atom is -0.478 e. The molecule has 1 unspecified atom stereocenters. The molecule has 0 aromatic carbocycles. The minimum atomic E-state index is -0.995. The highest BCUT2D eigenvalue weighted by molar-refractivity contribution is 7.16. The Kier molecular flexibility index (Phi) is 3.67. The predicted octanol–water partition coefficient (Wildman–Crippen LogP) is 3.52. The van der Waals surface area contributed by atoms with Crippen LogP contribution < -0.4 is 5.32 Å². The van der Waals surface area contributed by atoms with Crippen molar-refractivity contribution in [1.29, 1.82) is 0 Å². The lowest BCUT2D eigenvalue weighted by molar-refractivity contribution is -0.122. The van der Waals surface area contributed by atoms with Crippen molar-refractivity contribution in [3.63, 3.8) is 0 Å². The molecule has 1 aliphatic carbocycles. The molecule has 1 aromatic heterocycles. The van der Waals surface area contributed by atoms with Gasteiger partial charge in [-0.05, 0) is 31.2 Å². The van der Waals surface area contributed by atoms with E-state index >= 15 is 0 Å². The molecule has 4 nitrogen and oxygen atoms in total. The first kappa shape index (κ1) is 14.1. The van der Waals surface area contributed by atoms with E-state index in [1.807, 2.05) is 6.92 Å². The monoisotopic (exact) mass is 281 g/mol. The summed E-state index contributed by atoms with van der Waals surface area (Å²) in [4.78, 5) is 24.3. The van der Waals surface area contributed by atoms with Crippen LogP contribution in [0.2, 0.25) is 0 Å². The molecular weight excluding hydrogens is 262 g/mol. The van der Waals surface area contributed by atoms with Gasteiger partial charge in [0, 0.05) is 10.8 Å².